The van der Waals surface area contributed by atoms with E-state index in [1.807, 2.05) is 11.6 Å². The van der Waals surface area contributed by atoms with Crippen molar-refractivity contribution in [2.75, 3.05) is 0 Å². The monoisotopic (exact) mass is 170 g/mol. The Morgan fingerprint density at radius 3 is 3.00 bits per heavy atom. The average molecular weight is 171 g/mol. The standard InChI is InChI=1S/C8H11ClN2/c1-6-7-4-2-3-5-11(7)10-8(6)9/h2-5H2,1H3. The molecule has 0 bridgehead atoms. The minimum Gasteiger partial charge on any atom is -0.268 e. The highest BCUT2D eigenvalue weighted by atomic mass is 35.5. The zero-order chi connectivity index (χ0) is 7.84. The van der Waals surface area contributed by atoms with Gasteiger partial charge in [-0.2, -0.15) is 5.10 Å². The summed E-state index contributed by atoms with van der Waals surface area (Å²) in [5, 5.41) is 4.92. The number of aromatic nitrogens is 2. The minimum absolute atomic E-state index is 0.682. The van der Waals surface area contributed by atoms with Crippen LogP contribution in [0.15, 0.2) is 0 Å². The van der Waals surface area contributed by atoms with Gasteiger partial charge in [0.05, 0.1) is 0 Å². The molecule has 2 nitrogen and oxygen atoms in total. The second-order valence-electron chi connectivity index (χ2n) is 3.04. The Balaban J connectivity index is 2.50. The van der Waals surface area contributed by atoms with Crippen LogP contribution >= 0.6 is 11.6 Å². The molecule has 1 aromatic rings. The fourth-order valence-corrected chi connectivity index (χ4v) is 1.81. The molecule has 3 heteroatoms. The second kappa shape index (κ2) is 2.52. The molecule has 0 N–H and O–H groups in total. The molecule has 2 rings (SSSR count). The first-order valence-corrected chi connectivity index (χ1v) is 4.38. The van der Waals surface area contributed by atoms with Gasteiger partial charge in [0.1, 0.15) is 0 Å². The molecule has 0 saturated carbocycles. The molecule has 0 radical (unpaired) electrons. The Kier molecular flexibility index (Phi) is 1.64. The maximum Gasteiger partial charge on any atom is 0.154 e. The van der Waals surface area contributed by atoms with Crippen molar-refractivity contribution >= 4 is 11.6 Å². The van der Waals surface area contributed by atoms with Gasteiger partial charge in [0, 0.05) is 17.8 Å². The van der Waals surface area contributed by atoms with Gasteiger partial charge in [-0.1, -0.05) is 11.6 Å². The zero-order valence-electron chi connectivity index (χ0n) is 6.60. The normalized spacial score (nSPS) is 16.5. The lowest BCUT2D eigenvalue weighted by Crippen LogP contribution is -2.11. The molecule has 60 valence electrons. The fraction of sp³-hybridized carbons (Fsp3) is 0.625. The van der Waals surface area contributed by atoms with E-state index in [0.717, 1.165) is 13.0 Å². The average Bonchev–Trinajstić information content (AvgIpc) is 2.30. The summed E-state index contributed by atoms with van der Waals surface area (Å²) in [7, 11) is 0. The van der Waals surface area contributed by atoms with E-state index in [2.05, 4.69) is 5.10 Å². The van der Waals surface area contributed by atoms with Crippen LogP contribution in [0.3, 0.4) is 0 Å². The summed E-state index contributed by atoms with van der Waals surface area (Å²) in [6.07, 6.45) is 3.67. The number of halogens is 1. The highest BCUT2D eigenvalue weighted by Gasteiger charge is 2.15. The molecule has 1 aliphatic rings. The maximum atomic E-state index is 5.89. The number of hydrogen-bond acceptors (Lipinski definition) is 1. The Hall–Kier alpha value is -0.500. The van der Waals surface area contributed by atoms with Crippen LogP contribution in [-0.4, -0.2) is 9.78 Å². The van der Waals surface area contributed by atoms with Crippen LogP contribution in [0.2, 0.25) is 5.15 Å². The predicted octanol–water partition coefficient (Wildman–Crippen LogP) is 2.18. The van der Waals surface area contributed by atoms with E-state index in [1.165, 1.54) is 24.1 Å². The quantitative estimate of drug-likeness (QED) is 0.584. The lowest BCUT2D eigenvalue weighted by Gasteiger charge is -2.12. The topological polar surface area (TPSA) is 17.8 Å². The molecule has 1 aliphatic heterocycles. The molecule has 0 unspecified atom stereocenters. The number of nitrogens with zero attached hydrogens (tertiary/aromatic N) is 2. The van der Waals surface area contributed by atoms with Crippen LogP contribution in [0, 0.1) is 6.92 Å². The van der Waals surface area contributed by atoms with Gasteiger partial charge in [-0.3, -0.25) is 4.68 Å². The molecule has 0 atom stereocenters. The van der Waals surface area contributed by atoms with E-state index < -0.39 is 0 Å². The van der Waals surface area contributed by atoms with E-state index in [1.54, 1.807) is 0 Å². The van der Waals surface area contributed by atoms with Crippen molar-refractivity contribution in [1.29, 1.82) is 0 Å². The molecule has 0 aromatic carbocycles. The third kappa shape index (κ3) is 1.06. The molecule has 0 saturated heterocycles. The third-order valence-corrected chi connectivity index (χ3v) is 2.65. The predicted molar refractivity (Wildman–Crippen MR) is 44.9 cm³/mol. The molecule has 11 heavy (non-hydrogen) atoms. The number of fused-ring (bicyclic) bond motifs is 1. The van der Waals surface area contributed by atoms with Gasteiger partial charge in [-0.05, 0) is 26.2 Å². The van der Waals surface area contributed by atoms with Crippen molar-refractivity contribution in [3.63, 3.8) is 0 Å². The lowest BCUT2D eigenvalue weighted by molar-refractivity contribution is 0.485. The van der Waals surface area contributed by atoms with Gasteiger partial charge >= 0.3 is 0 Å². The van der Waals surface area contributed by atoms with Gasteiger partial charge in [-0.15, -0.1) is 0 Å². The van der Waals surface area contributed by atoms with E-state index in [-0.39, 0.29) is 0 Å². The Labute approximate surface area is 71.2 Å². The summed E-state index contributed by atoms with van der Waals surface area (Å²) in [6.45, 7) is 3.09. The van der Waals surface area contributed by atoms with E-state index >= 15 is 0 Å². The van der Waals surface area contributed by atoms with E-state index in [9.17, 15) is 0 Å². The fourth-order valence-electron chi connectivity index (χ4n) is 1.61. The van der Waals surface area contributed by atoms with Crippen LogP contribution < -0.4 is 0 Å². The number of aryl methyl sites for hydroxylation is 1. The highest BCUT2D eigenvalue weighted by Crippen LogP contribution is 2.23. The van der Waals surface area contributed by atoms with Crippen LogP contribution in [-0.2, 0) is 13.0 Å². The van der Waals surface area contributed by atoms with Gasteiger partial charge in [0.2, 0.25) is 0 Å². The van der Waals surface area contributed by atoms with Crippen molar-refractivity contribution in [2.45, 2.75) is 32.7 Å². The van der Waals surface area contributed by atoms with Gasteiger partial charge < -0.3 is 0 Å². The smallest absolute Gasteiger partial charge is 0.154 e. The summed E-state index contributed by atoms with van der Waals surface area (Å²) < 4.78 is 2.04. The molecule has 1 aromatic heterocycles. The Morgan fingerprint density at radius 2 is 2.27 bits per heavy atom. The molecule has 0 fully saturated rings. The van der Waals surface area contributed by atoms with Crippen molar-refractivity contribution in [3.8, 4) is 0 Å². The SMILES string of the molecule is Cc1c(Cl)nn2c1CCCC2. The van der Waals surface area contributed by atoms with E-state index in [4.69, 9.17) is 11.6 Å². The summed E-state index contributed by atoms with van der Waals surface area (Å²) in [5.74, 6) is 0. The Bertz CT molecular complexity index is 278. The van der Waals surface area contributed by atoms with Gasteiger partial charge in [-0.25, -0.2) is 0 Å². The molecule has 0 spiro atoms. The first kappa shape index (κ1) is 7.17. The van der Waals surface area contributed by atoms with Crippen molar-refractivity contribution in [2.24, 2.45) is 0 Å². The molecule has 2 heterocycles. The largest absolute Gasteiger partial charge is 0.268 e. The van der Waals surface area contributed by atoms with Crippen LogP contribution in [0.25, 0.3) is 0 Å². The highest BCUT2D eigenvalue weighted by molar-refractivity contribution is 6.30. The maximum absolute atomic E-state index is 5.89. The summed E-state index contributed by atoms with van der Waals surface area (Å²) in [6, 6.07) is 0. The lowest BCUT2D eigenvalue weighted by atomic mass is 10.1. The third-order valence-electron chi connectivity index (χ3n) is 2.30. The van der Waals surface area contributed by atoms with Crippen LogP contribution in [0.1, 0.15) is 24.1 Å². The van der Waals surface area contributed by atoms with Crippen molar-refractivity contribution in [3.05, 3.63) is 16.4 Å². The molecule has 0 amide bonds. The van der Waals surface area contributed by atoms with Gasteiger partial charge in [0.25, 0.3) is 0 Å². The Morgan fingerprint density at radius 1 is 1.45 bits per heavy atom. The van der Waals surface area contributed by atoms with E-state index in [0.29, 0.717) is 5.15 Å². The number of hydrogen-bond donors (Lipinski definition) is 0. The van der Waals surface area contributed by atoms with Crippen molar-refractivity contribution < 1.29 is 0 Å². The minimum atomic E-state index is 0.682. The summed E-state index contributed by atoms with van der Waals surface area (Å²) >= 11 is 5.89. The summed E-state index contributed by atoms with van der Waals surface area (Å²) in [4.78, 5) is 0. The van der Waals surface area contributed by atoms with Crippen LogP contribution in [0.4, 0.5) is 0 Å². The van der Waals surface area contributed by atoms with Crippen molar-refractivity contribution in [1.82, 2.24) is 9.78 Å². The molecule has 0 aliphatic carbocycles. The number of rotatable bonds is 0. The van der Waals surface area contributed by atoms with Crippen LogP contribution in [0.5, 0.6) is 0 Å². The first-order chi connectivity index (χ1) is 5.29. The molecular weight excluding hydrogens is 160 g/mol. The molecular formula is C8H11ClN2. The second-order valence-corrected chi connectivity index (χ2v) is 3.40. The zero-order valence-corrected chi connectivity index (χ0v) is 7.36. The first-order valence-electron chi connectivity index (χ1n) is 4.01. The van der Waals surface area contributed by atoms with Gasteiger partial charge in [0.15, 0.2) is 5.15 Å². The summed E-state index contributed by atoms with van der Waals surface area (Å²) in [5.41, 5.74) is 2.51.